The molecule has 5 heteroatoms. The Morgan fingerprint density at radius 3 is 2.74 bits per heavy atom. The molecule has 1 aromatic rings. The molecule has 4 nitrogen and oxygen atoms in total. The van der Waals surface area contributed by atoms with E-state index in [2.05, 4.69) is 19.2 Å². The first kappa shape index (κ1) is 14.3. The van der Waals surface area contributed by atoms with Crippen LogP contribution in [0, 0.1) is 0 Å². The lowest BCUT2D eigenvalue weighted by Crippen LogP contribution is -2.28. The average molecular weight is 283 g/mol. The monoisotopic (exact) mass is 283 g/mol. The number of sulfone groups is 1. The second-order valence-electron chi connectivity index (χ2n) is 5.21. The van der Waals surface area contributed by atoms with Crippen molar-refractivity contribution < 1.29 is 13.2 Å². The summed E-state index contributed by atoms with van der Waals surface area (Å²) in [4.78, 5) is 0.369. The third-order valence-electron chi connectivity index (χ3n) is 3.36. The van der Waals surface area contributed by atoms with Crippen LogP contribution in [0.3, 0.4) is 0 Å². The molecule has 1 unspecified atom stereocenters. The molecule has 1 N–H and O–H groups in total. The molecule has 0 saturated heterocycles. The highest BCUT2D eigenvalue weighted by atomic mass is 32.2. The van der Waals surface area contributed by atoms with Crippen molar-refractivity contribution in [2.75, 3.05) is 12.9 Å². The van der Waals surface area contributed by atoms with Gasteiger partial charge in [-0.3, -0.25) is 0 Å². The van der Waals surface area contributed by atoms with E-state index in [1.807, 2.05) is 12.1 Å². The van der Waals surface area contributed by atoms with Gasteiger partial charge in [-0.1, -0.05) is 26.0 Å². The van der Waals surface area contributed by atoms with Crippen LogP contribution in [0.15, 0.2) is 23.1 Å². The van der Waals surface area contributed by atoms with Crippen molar-refractivity contribution in [1.29, 1.82) is 0 Å². The molecular formula is C14H21NO3S. The van der Waals surface area contributed by atoms with Crippen LogP contribution < -0.4 is 10.1 Å². The average Bonchev–Trinajstić information content (AvgIpc) is 2.47. The molecule has 1 aliphatic heterocycles. The van der Waals surface area contributed by atoms with E-state index in [1.165, 1.54) is 7.11 Å². The smallest absolute Gasteiger partial charge is 0.182 e. The molecule has 0 fully saturated rings. The molecule has 1 atom stereocenters. The lowest BCUT2D eigenvalue weighted by molar-refractivity contribution is 0.396. The van der Waals surface area contributed by atoms with E-state index in [9.17, 15) is 8.42 Å². The van der Waals surface area contributed by atoms with Crippen molar-refractivity contribution in [2.45, 2.75) is 43.7 Å². The number of benzene rings is 1. The van der Waals surface area contributed by atoms with Gasteiger partial charge in [0.2, 0.25) is 0 Å². The van der Waals surface area contributed by atoms with Crippen molar-refractivity contribution in [1.82, 2.24) is 5.32 Å². The van der Waals surface area contributed by atoms with Gasteiger partial charge in [-0.05, 0) is 24.5 Å². The predicted molar refractivity (Wildman–Crippen MR) is 75.3 cm³/mol. The Morgan fingerprint density at radius 2 is 2.11 bits per heavy atom. The zero-order valence-corrected chi connectivity index (χ0v) is 12.5. The number of ether oxygens (including phenoxy) is 1. The van der Waals surface area contributed by atoms with E-state index in [-0.39, 0.29) is 11.8 Å². The summed E-state index contributed by atoms with van der Waals surface area (Å²) in [5.74, 6) is 0.645. The highest BCUT2D eigenvalue weighted by Crippen LogP contribution is 2.37. The normalized spacial score (nSPS) is 21.8. The molecule has 0 spiro atoms. The standard InChI is InChI=1S/C14H21NO3S/c1-10(2)15-12-7-5-9-19(16,17)14-11(12)6-4-8-13(14)18-3/h4,6,8,10,12,15H,5,7,9H2,1-3H3. The fourth-order valence-electron chi connectivity index (χ4n) is 2.61. The molecule has 1 aliphatic rings. The quantitative estimate of drug-likeness (QED) is 0.925. The first-order valence-corrected chi connectivity index (χ1v) is 8.26. The molecule has 0 amide bonds. The molecule has 19 heavy (non-hydrogen) atoms. The van der Waals surface area contributed by atoms with E-state index in [4.69, 9.17) is 4.74 Å². The lowest BCUT2D eigenvalue weighted by Gasteiger charge is -2.22. The second-order valence-corrected chi connectivity index (χ2v) is 7.26. The number of hydrogen-bond donors (Lipinski definition) is 1. The van der Waals surface area contributed by atoms with Crippen molar-refractivity contribution in [3.8, 4) is 5.75 Å². The summed E-state index contributed by atoms with van der Waals surface area (Å²) in [5, 5.41) is 3.45. The number of rotatable bonds is 3. The SMILES string of the molecule is COc1cccc2c1S(=O)(=O)CCCC2NC(C)C. The fraction of sp³-hybridized carbons (Fsp3) is 0.571. The van der Waals surface area contributed by atoms with Gasteiger partial charge in [-0.15, -0.1) is 0 Å². The Balaban J connectivity index is 2.58. The maximum Gasteiger partial charge on any atom is 0.182 e. The Morgan fingerprint density at radius 1 is 1.37 bits per heavy atom. The van der Waals surface area contributed by atoms with E-state index >= 15 is 0 Å². The van der Waals surface area contributed by atoms with Crippen molar-refractivity contribution >= 4 is 9.84 Å². The van der Waals surface area contributed by atoms with Crippen LogP contribution in [0.1, 0.15) is 38.3 Å². The van der Waals surface area contributed by atoms with Gasteiger partial charge < -0.3 is 10.1 Å². The molecule has 0 aromatic heterocycles. The minimum absolute atomic E-state index is 0.0716. The molecule has 1 aromatic carbocycles. The van der Waals surface area contributed by atoms with E-state index in [0.29, 0.717) is 23.1 Å². The third kappa shape index (κ3) is 2.92. The minimum Gasteiger partial charge on any atom is -0.495 e. The van der Waals surface area contributed by atoms with E-state index in [0.717, 1.165) is 12.0 Å². The van der Waals surface area contributed by atoms with Gasteiger partial charge in [-0.2, -0.15) is 0 Å². The minimum atomic E-state index is -3.25. The molecule has 0 radical (unpaired) electrons. The van der Waals surface area contributed by atoms with Gasteiger partial charge in [0.15, 0.2) is 9.84 Å². The summed E-state index contributed by atoms with van der Waals surface area (Å²) in [7, 11) is -1.74. The molecule has 2 rings (SSSR count). The van der Waals surface area contributed by atoms with Gasteiger partial charge in [0, 0.05) is 12.1 Å². The topological polar surface area (TPSA) is 55.4 Å². The summed E-state index contributed by atoms with van der Waals surface area (Å²) in [5.41, 5.74) is 0.838. The largest absolute Gasteiger partial charge is 0.495 e. The third-order valence-corrected chi connectivity index (χ3v) is 5.24. The van der Waals surface area contributed by atoms with Gasteiger partial charge in [0.05, 0.1) is 12.9 Å². The molecule has 0 bridgehead atoms. The van der Waals surface area contributed by atoms with Crippen LogP contribution in [-0.4, -0.2) is 27.3 Å². The summed E-state index contributed by atoms with van der Waals surface area (Å²) < 4.78 is 30.0. The van der Waals surface area contributed by atoms with Crippen LogP contribution in [0.25, 0.3) is 0 Å². The molecule has 0 saturated carbocycles. The Kier molecular flexibility index (Phi) is 4.16. The molecule has 1 heterocycles. The zero-order chi connectivity index (χ0) is 14.0. The highest BCUT2D eigenvalue weighted by Gasteiger charge is 2.30. The van der Waals surface area contributed by atoms with Gasteiger partial charge in [-0.25, -0.2) is 8.42 Å². The van der Waals surface area contributed by atoms with Crippen molar-refractivity contribution in [2.24, 2.45) is 0 Å². The maximum atomic E-state index is 12.4. The molecular weight excluding hydrogens is 262 g/mol. The summed E-state index contributed by atoms with van der Waals surface area (Å²) in [6.07, 6.45) is 1.50. The highest BCUT2D eigenvalue weighted by molar-refractivity contribution is 7.91. The Bertz CT molecular complexity index is 552. The second kappa shape index (κ2) is 5.51. The Labute approximate surface area is 115 Å². The predicted octanol–water partition coefficient (Wildman–Crippen LogP) is 2.30. The zero-order valence-electron chi connectivity index (χ0n) is 11.6. The van der Waals surface area contributed by atoms with Crippen LogP contribution in [0.5, 0.6) is 5.75 Å². The number of nitrogens with one attached hydrogen (secondary N) is 1. The lowest BCUT2D eigenvalue weighted by atomic mass is 10.0. The Hall–Kier alpha value is -1.07. The van der Waals surface area contributed by atoms with Crippen LogP contribution in [0.4, 0.5) is 0 Å². The molecule has 106 valence electrons. The van der Waals surface area contributed by atoms with E-state index < -0.39 is 9.84 Å². The first-order chi connectivity index (χ1) is 8.95. The summed E-state index contributed by atoms with van der Waals surface area (Å²) in [6, 6.07) is 5.84. The van der Waals surface area contributed by atoms with Crippen LogP contribution in [-0.2, 0) is 9.84 Å². The van der Waals surface area contributed by atoms with Crippen LogP contribution >= 0.6 is 0 Å². The van der Waals surface area contributed by atoms with Crippen molar-refractivity contribution in [3.05, 3.63) is 23.8 Å². The maximum absolute atomic E-state index is 12.4. The van der Waals surface area contributed by atoms with Crippen molar-refractivity contribution in [3.63, 3.8) is 0 Å². The van der Waals surface area contributed by atoms with Gasteiger partial charge >= 0.3 is 0 Å². The summed E-state index contributed by atoms with van der Waals surface area (Å²) >= 11 is 0. The van der Waals surface area contributed by atoms with Gasteiger partial charge in [0.1, 0.15) is 10.6 Å². The fourth-order valence-corrected chi connectivity index (χ4v) is 4.39. The van der Waals surface area contributed by atoms with Gasteiger partial charge in [0.25, 0.3) is 0 Å². The number of hydrogen-bond acceptors (Lipinski definition) is 4. The summed E-state index contributed by atoms with van der Waals surface area (Å²) in [6.45, 7) is 4.14. The number of fused-ring (bicyclic) bond motifs is 1. The van der Waals surface area contributed by atoms with Crippen LogP contribution in [0.2, 0.25) is 0 Å². The van der Waals surface area contributed by atoms with E-state index in [1.54, 1.807) is 6.07 Å². The molecule has 0 aliphatic carbocycles. The number of methoxy groups -OCH3 is 1. The first-order valence-electron chi connectivity index (χ1n) is 6.61.